The van der Waals surface area contributed by atoms with E-state index in [1.54, 1.807) is 0 Å². The van der Waals surface area contributed by atoms with E-state index in [2.05, 4.69) is 209 Å². The molecule has 0 N–H and O–H groups in total. The highest BCUT2D eigenvalue weighted by Crippen LogP contribution is 2.50. The summed E-state index contributed by atoms with van der Waals surface area (Å²) in [6.07, 6.45) is 0. The fourth-order valence-corrected chi connectivity index (χ4v) is 14.1. The van der Waals surface area contributed by atoms with Gasteiger partial charge < -0.3 is 4.90 Å². The standard InChI is InChI=1S/C49H43NSi/c1-48(2,3)34-23-25-35(26-24-34)50(37-29-32-41-40-17-9-12-20-44(40)49(4,5)45(41)33-37)36-27-30-39(31-28-36)51(38-15-7-6-8-16-38)46-21-13-10-18-42(46)43-19-11-14-22-47(43)51/h6-33H,1-5H3. The molecular formula is C49H43NSi. The second-order valence-electron chi connectivity index (χ2n) is 15.8. The van der Waals surface area contributed by atoms with Crippen molar-refractivity contribution < 1.29 is 0 Å². The van der Waals surface area contributed by atoms with Gasteiger partial charge in [-0.05, 0) is 102 Å². The summed E-state index contributed by atoms with van der Waals surface area (Å²) in [5.41, 5.74) is 13.0. The average Bonchev–Trinajstić information content (AvgIpc) is 3.58. The predicted molar refractivity (Wildman–Crippen MR) is 220 cm³/mol. The van der Waals surface area contributed by atoms with Gasteiger partial charge in [0.25, 0.3) is 0 Å². The first kappa shape index (κ1) is 31.5. The zero-order valence-corrected chi connectivity index (χ0v) is 31.1. The van der Waals surface area contributed by atoms with Crippen LogP contribution in [0.3, 0.4) is 0 Å². The van der Waals surface area contributed by atoms with E-state index < -0.39 is 8.07 Å². The topological polar surface area (TPSA) is 3.24 Å². The lowest BCUT2D eigenvalue weighted by molar-refractivity contribution is 0.590. The second-order valence-corrected chi connectivity index (χ2v) is 19.5. The molecular weight excluding hydrogens is 631 g/mol. The maximum atomic E-state index is 2.45. The Labute approximate surface area is 303 Å². The summed E-state index contributed by atoms with van der Waals surface area (Å²) < 4.78 is 0. The molecule has 0 aromatic heterocycles. The Morgan fingerprint density at radius 3 is 1.51 bits per heavy atom. The van der Waals surface area contributed by atoms with Crippen molar-refractivity contribution in [2.75, 3.05) is 4.90 Å². The normalized spacial score (nSPS) is 14.7. The highest BCUT2D eigenvalue weighted by molar-refractivity contribution is 7.22. The van der Waals surface area contributed by atoms with Crippen LogP contribution in [0.4, 0.5) is 17.1 Å². The van der Waals surface area contributed by atoms with E-state index in [-0.39, 0.29) is 10.8 Å². The summed E-state index contributed by atoms with van der Waals surface area (Å²) in [5, 5.41) is 5.77. The molecule has 9 rings (SSSR count). The lowest BCUT2D eigenvalue weighted by Crippen LogP contribution is -2.72. The Kier molecular flexibility index (Phi) is 7.14. The zero-order chi connectivity index (χ0) is 35.0. The SMILES string of the molecule is CC(C)(C)c1ccc(N(c2ccc([Si]3(c4ccccc4)c4ccccc4-c4ccccc43)cc2)c2ccc3c(c2)C(C)(C)c2ccccc2-3)cc1. The minimum Gasteiger partial charge on any atom is -0.310 e. The first-order chi connectivity index (χ1) is 24.7. The molecule has 1 nitrogen and oxygen atoms in total. The molecule has 0 amide bonds. The first-order valence-electron chi connectivity index (χ1n) is 18.2. The van der Waals surface area contributed by atoms with Gasteiger partial charge in [-0.15, -0.1) is 0 Å². The molecule has 0 radical (unpaired) electrons. The van der Waals surface area contributed by atoms with Crippen molar-refractivity contribution in [3.8, 4) is 22.3 Å². The van der Waals surface area contributed by atoms with Gasteiger partial charge in [-0.25, -0.2) is 0 Å². The van der Waals surface area contributed by atoms with Crippen molar-refractivity contribution in [1.82, 2.24) is 0 Å². The van der Waals surface area contributed by atoms with Crippen LogP contribution >= 0.6 is 0 Å². The third-order valence-corrected chi connectivity index (χ3v) is 16.4. The Bertz CT molecular complexity index is 2370. The van der Waals surface area contributed by atoms with E-state index in [0.29, 0.717) is 0 Å². The van der Waals surface area contributed by atoms with Crippen LogP contribution in [0.5, 0.6) is 0 Å². The molecule has 0 spiro atoms. The van der Waals surface area contributed by atoms with Crippen LogP contribution in [0.2, 0.25) is 0 Å². The molecule has 51 heavy (non-hydrogen) atoms. The maximum absolute atomic E-state index is 2.56. The molecule has 0 saturated carbocycles. The van der Waals surface area contributed by atoms with Gasteiger partial charge >= 0.3 is 0 Å². The van der Waals surface area contributed by atoms with E-state index >= 15 is 0 Å². The zero-order valence-electron chi connectivity index (χ0n) is 30.1. The van der Waals surface area contributed by atoms with Gasteiger partial charge in [-0.1, -0.05) is 168 Å². The Balaban J connectivity index is 1.22. The number of anilines is 3. The van der Waals surface area contributed by atoms with Crippen molar-refractivity contribution in [3.63, 3.8) is 0 Å². The highest BCUT2D eigenvalue weighted by Gasteiger charge is 2.48. The van der Waals surface area contributed by atoms with Crippen molar-refractivity contribution in [3.05, 3.63) is 187 Å². The van der Waals surface area contributed by atoms with Crippen LogP contribution in [-0.2, 0) is 10.8 Å². The third-order valence-electron chi connectivity index (χ3n) is 11.5. The number of benzene rings is 7. The predicted octanol–water partition coefficient (Wildman–Crippen LogP) is 10.1. The van der Waals surface area contributed by atoms with Crippen molar-refractivity contribution >= 4 is 45.9 Å². The smallest absolute Gasteiger partial charge is 0.180 e. The van der Waals surface area contributed by atoms with Crippen LogP contribution < -0.4 is 25.6 Å². The first-order valence-corrected chi connectivity index (χ1v) is 20.2. The monoisotopic (exact) mass is 673 g/mol. The number of fused-ring (bicyclic) bond motifs is 6. The quantitative estimate of drug-likeness (QED) is 0.164. The van der Waals surface area contributed by atoms with Crippen LogP contribution in [0, 0.1) is 0 Å². The van der Waals surface area contributed by atoms with Gasteiger partial charge in [0.1, 0.15) is 0 Å². The van der Waals surface area contributed by atoms with Gasteiger partial charge in [0.2, 0.25) is 0 Å². The van der Waals surface area contributed by atoms with E-state index in [0.717, 1.165) is 11.4 Å². The Hall–Kier alpha value is -5.44. The van der Waals surface area contributed by atoms with Gasteiger partial charge in [0.05, 0.1) is 0 Å². The Morgan fingerprint density at radius 2 is 0.902 bits per heavy atom. The van der Waals surface area contributed by atoms with Gasteiger partial charge in [0.15, 0.2) is 8.07 Å². The molecule has 1 heterocycles. The molecule has 1 aliphatic heterocycles. The van der Waals surface area contributed by atoms with Crippen molar-refractivity contribution in [2.45, 2.75) is 45.4 Å². The maximum Gasteiger partial charge on any atom is 0.180 e. The van der Waals surface area contributed by atoms with E-state index in [1.807, 2.05) is 0 Å². The number of hydrogen-bond acceptors (Lipinski definition) is 1. The van der Waals surface area contributed by atoms with Crippen LogP contribution in [-0.4, -0.2) is 8.07 Å². The van der Waals surface area contributed by atoms with Crippen LogP contribution in [0.25, 0.3) is 22.3 Å². The number of rotatable bonds is 5. The minimum atomic E-state index is -2.56. The average molecular weight is 674 g/mol. The summed E-state index contributed by atoms with van der Waals surface area (Å²) in [6.45, 7) is 11.6. The van der Waals surface area contributed by atoms with Crippen molar-refractivity contribution in [2.24, 2.45) is 0 Å². The van der Waals surface area contributed by atoms with E-state index in [4.69, 9.17) is 0 Å². The largest absolute Gasteiger partial charge is 0.310 e. The molecule has 0 fully saturated rings. The molecule has 7 aromatic carbocycles. The van der Waals surface area contributed by atoms with Crippen molar-refractivity contribution in [1.29, 1.82) is 0 Å². The lowest BCUT2D eigenvalue weighted by atomic mass is 9.82. The van der Waals surface area contributed by atoms with Gasteiger partial charge in [-0.2, -0.15) is 0 Å². The molecule has 248 valence electrons. The van der Waals surface area contributed by atoms with E-state index in [9.17, 15) is 0 Å². The molecule has 0 bridgehead atoms. The molecule has 0 unspecified atom stereocenters. The number of hydrogen-bond donors (Lipinski definition) is 0. The van der Waals surface area contributed by atoms with Crippen LogP contribution in [0.15, 0.2) is 170 Å². The molecule has 2 heteroatoms. The minimum absolute atomic E-state index is 0.0789. The van der Waals surface area contributed by atoms with Gasteiger partial charge in [-0.3, -0.25) is 0 Å². The van der Waals surface area contributed by atoms with Crippen LogP contribution in [0.1, 0.15) is 51.3 Å². The molecule has 1 aliphatic carbocycles. The summed E-state index contributed by atoms with van der Waals surface area (Å²) in [6, 6.07) is 64.2. The second kappa shape index (κ2) is 11.5. The number of nitrogens with zero attached hydrogens (tertiary/aromatic N) is 1. The summed E-state index contributed by atoms with van der Waals surface area (Å²) >= 11 is 0. The molecule has 0 saturated heterocycles. The fraction of sp³-hybridized carbons (Fsp3) is 0.143. The van der Waals surface area contributed by atoms with Gasteiger partial charge in [0, 0.05) is 22.5 Å². The summed E-state index contributed by atoms with van der Waals surface area (Å²) in [5.74, 6) is 0. The molecule has 2 aliphatic rings. The molecule has 0 atom stereocenters. The Morgan fingerprint density at radius 1 is 0.431 bits per heavy atom. The fourth-order valence-electron chi connectivity index (χ4n) is 8.96. The summed E-state index contributed by atoms with van der Waals surface area (Å²) in [7, 11) is -2.56. The summed E-state index contributed by atoms with van der Waals surface area (Å²) in [4.78, 5) is 2.45. The molecule has 7 aromatic rings. The van der Waals surface area contributed by atoms with E-state index in [1.165, 1.54) is 65.4 Å². The third kappa shape index (κ3) is 4.73. The highest BCUT2D eigenvalue weighted by atomic mass is 28.3. The lowest BCUT2D eigenvalue weighted by Gasteiger charge is -2.32.